The van der Waals surface area contributed by atoms with Gasteiger partial charge in [0.05, 0.1) is 4.90 Å². The van der Waals surface area contributed by atoms with Crippen LogP contribution in [0.1, 0.15) is 38.3 Å². The second-order valence-corrected chi connectivity index (χ2v) is 10.5. The molecule has 6 heteroatoms. The standard InChI is InChI=1S/C23H30N2O3S/c1-23(2,3)20-10-12-21(13-11-20)29(27,28)25-17-15-24(16-18-25)22(26)14-9-19-7-5-4-6-8-19/h4-8,10-13H,9,14-18H2,1-3H3. The number of aryl methyl sites for hydroxylation is 1. The summed E-state index contributed by atoms with van der Waals surface area (Å²) >= 11 is 0. The van der Waals surface area contributed by atoms with Gasteiger partial charge in [0.2, 0.25) is 15.9 Å². The molecule has 2 aromatic carbocycles. The maximum Gasteiger partial charge on any atom is 0.243 e. The highest BCUT2D eigenvalue weighted by molar-refractivity contribution is 7.89. The number of hydrogen-bond acceptors (Lipinski definition) is 3. The SMILES string of the molecule is CC(C)(C)c1ccc(S(=O)(=O)N2CCN(C(=O)CCc3ccccc3)CC2)cc1. The van der Waals surface area contributed by atoms with Crippen LogP contribution in [0.2, 0.25) is 0 Å². The molecule has 3 rings (SSSR count). The molecule has 0 aromatic heterocycles. The Labute approximate surface area is 174 Å². The number of rotatable bonds is 5. The first-order valence-electron chi connectivity index (χ1n) is 10.1. The molecule has 0 radical (unpaired) electrons. The average Bonchev–Trinajstić information content (AvgIpc) is 2.72. The van der Waals surface area contributed by atoms with E-state index in [9.17, 15) is 13.2 Å². The van der Waals surface area contributed by atoms with Crippen molar-refractivity contribution in [3.05, 3.63) is 65.7 Å². The summed E-state index contributed by atoms with van der Waals surface area (Å²) in [7, 11) is -3.53. The van der Waals surface area contributed by atoms with Crippen LogP contribution in [0.4, 0.5) is 0 Å². The fourth-order valence-electron chi connectivity index (χ4n) is 3.51. The molecule has 0 N–H and O–H groups in total. The third kappa shape index (κ3) is 5.25. The van der Waals surface area contributed by atoms with Gasteiger partial charge in [-0.1, -0.05) is 63.2 Å². The molecule has 1 aliphatic rings. The van der Waals surface area contributed by atoms with Crippen LogP contribution in [0.5, 0.6) is 0 Å². The third-order valence-corrected chi connectivity index (χ3v) is 7.33. The number of amides is 1. The van der Waals surface area contributed by atoms with Gasteiger partial charge < -0.3 is 4.90 Å². The van der Waals surface area contributed by atoms with E-state index in [2.05, 4.69) is 20.8 Å². The molecule has 5 nitrogen and oxygen atoms in total. The second-order valence-electron chi connectivity index (χ2n) is 8.54. The van der Waals surface area contributed by atoms with Crippen LogP contribution in [0.15, 0.2) is 59.5 Å². The molecule has 156 valence electrons. The van der Waals surface area contributed by atoms with Gasteiger partial charge in [0.15, 0.2) is 0 Å². The zero-order valence-corrected chi connectivity index (χ0v) is 18.3. The summed E-state index contributed by atoms with van der Waals surface area (Å²) in [5.41, 5.74) is 2.22. The van der Waals surface area contributed by atoms with Crippen molar-refractivity contribution in [2.75, 3.05) is 26.2 Å². The van der Waals surface area contributed by atoms with Crippen LogP contribution in [0.3, 0.4) is 0 Å². The monoisotopic (exact) mass is 414 g/mol. The van der Waals surface area contributed by atoms with Crippen molar-refractivity contribution < 1.29 is 13.2 Å². The second kappa shape index (κ2) is 8.67. The topological polar surface area (TPSA) is 57.7 Å². The van der Waals surface area contributed by atoms with Gasteiger partial charge in [-0.2, -0.15) is 4.31 Å². The molecular formula is C23H30N2O3S. The molecule has 1 amide bonds. The predicted molar refractivity (Wildman–Crippen MR) is 115 cm³/mol. The number of nitrogens with zero attached hydrogens (tertiary/aromatic N) is 2. The Morgan fingerprint density at radius 3 is 2.03 bits per heavy atom. The first kappa shape index (κ1) is 21.5. The Kier molecular flexibility index (Phi) is 6.44. The molecule has 1 aliphatic heterocycles. The highest BCUT2D eigenvalue weighted by Gasteiger charge is 2.30. The van der Waals surface area contributed by atoms with Crippen molar-refractivity contribution in [3.63, 3.8) is 0 Å². The smallest absolute Gasteiger partial charge is 0.243 e. The van der Waals surface area contributed by atoms with Crippen molar-refractivity contribution in [1.82, 2.24) is 9.21 Å². The fraction of sp³-hybridized carbons (Fsp3) is 0.435. The summed E-state index contributed by atoms with van der Waals surface area (Å²) < 4.78 is 27.4. The van der Waals surface area contributed by atoms with Crippen molar-refractivity contribution in [2.24, 2.45) is 0 Å². The lowest BCUT2D eigenvalue weighted by molar-refractivity contribution is -0.132. The van der Waals surface area contributed by atoms with Gasteiger partial charge >= 0.3 is 0 Å². The van der Waals surface area contributed by atoms with Crippen LogP contribution >= 0.6 is 0 Å². The molecule has 0 bridgehead atoms. The Morgan fingerprint density at radius 2 is 1.48 bits per heavy atom. The van der Waals surface area contributed by atoms with E-state index in [0.717, 1.165) is 11.1 Å². The van der Waals surface area contributed by atoms with Gasteiger partial charge in [-0.3, -0.25) is 4.79 Å². The molecule has 0 saturated carbocycles. The molecule has 1 saturated heterocycles. The minimum absolute atomic E-state index is 0.0198. The highest BCUT2D eigenvalue weighted by atomic mass is 32.2. The van der Waals surface area contributed by atoms with Crippen LogP contribution in [-0.2, 0) is 26.7 Å². The number of sulfonamides is 1. The largest absolute Gasteiger partial charge is 0.340 e. The van der Waals surface area contributed by atoms with E-state index in [4.69, 9.17) is 0 Å². The Hall–Kier alpha value is -2.18. The minimum atomic E-state index is -3.53. The summed E-state index contributed by atoms with van der Waals surface area (Å²) in [5.74, 6) is 0.0837. The minimum Gasteiger partial charge on any atom is -0.340 e. The summed E-state index contributed by atoms with van der Waals surface area (Å²) in [6.07, 6.45) is 1.16. The Morgan fingerprint density at radius 1 is 0.897 bits per heavy atom. The van der Waals surface area contributed by atoms with E-state index in [1.807, 2.05) is 42.5 Å². The summed E-state index contributed by atoms with van der Waals surface area (Å²) in [5, 5.41) is 0. The van der Waals surface area contributed by atoms with Crippen molar-refractivity contribution >= 4 is 15.9 Å². The molecule has 29 heavy (non-hydrogen) atoms. The molecule has 2 aromatic rings. The van der Waals surface area contributed by atoms with E-state index in [0.29, 0.717) is 43.9 Å². The van der Waals surface area contributed by atoms with Crippen LogP contribution < -0.4 is 0 Å². The van der Waals surface area contributed by atoms with Gasteiger partial charge in [-0.15, -0.1) is 0 Å². The Balaban J connectivity index is 1.57. The number of carbonyl (C=O) groups excluding carboxylic acids is 1. The molecule has 0 spiro atoms. The van der Waals surface area contributed by atoms with Crippen LogP contribution in [0, 0.1) is 0 Å². The molecular weight excluding hydrogens is 384 g/mol. The maximum atomic E-state index is 13.0. The molecule has 1 heterocycles. The average molecular weight is 415 g/mol. The maximum absolute atomic E-state index is 13.0. The van der Waals surface area contributed by atoms with Crippen molar-refractivity contribution in [1.29, 1.82) is 0 Å². The number of benzene rings is 2. The number of hydrogen-bond donors (Lipinski definition) is 0. The van der Waals surface area contributed by atoms with E-state index < -0.39 is 10.0 Å². The fourth-order valence-corrected chi connectivity index (χ4v) is 4.93. The van der Waals surface area contributed by atoms with E-state index in [1.165, 1.54) is 4.31 Å². The predicted octanol–water partition coefficient (Wildman–Crippen LogP) is 3.45. The number of piperazine rings is 1. The first-order valence-corrected chi connectivity index (χ1v) is 11.5. The lowest BCUT2D eigenvalue weighted by atomic mass is 9.87. The summed E-state index contributed by atoms with van der Waals surface area (Å²) in [6, 6.07) is 17.1. The lowest BCUT2D eigenvalue weighted by Gasteiger charge is -2.34. The van der Waals surface area contributed by atoms with Crippen molar-refractivity contribution in [3.8, 4) is 0 Å². The summed E-state index contributed by atoms with van der Waals surface area (Å²) in [4.78, 5) is 14.6. The molecule has 0 atom stereocenters. The van der Waals surface area contributed by atoms with Crippen LogP contribution in [0.25, 0.3) is 0 Å². The van der Waals surface area contributed by atoms with Gasteiger partial charge in [0, 0.05) is 32.6 Å². The highest BCUT2D eigenvalue weighted by Crippen LogP contribution is 2.25. The zero-order valence-electron chi connectivity index (χ0n) is 17.5. The van der Waals surface area contributed by atoms with Gasteiger partial charge in [0.1, 0.15) is 0 Å². The van der Waals surface area contributed by atoms with Gasteiger partial charge in [-0.05, 0) is 35.1 Å². The summed E-state index contributed by atoms with van der Waals surface area (Å²) in [6.45, 7) is 7.85. The number of carbonyl (C=O) groups is 1. The van der Waals surface area contributed by atoms with Gasteiger partial charge in [-0.25, -0.2) is 8.42 Å². The van der Waals surface area contributed by atoms with E-state index >= 15 is 0 Å². The Bertz CT molecular complexity index is 924. The molecule has 0 aliphatic carbocycles. The third-order valence-electron chi connectivity index (χ3n) is 5.42. The van der Waals surface area contributed by atoms with Gasteiger partial charge in [0.25, 0.3) is 0 Å². The normalized spacial score (nSPS) is 16.0. The first-order chi connectivity index (χ1) is 13.7. The van der Waals surface area contributed by atoms with E-state index in [-0.39, 0.29) is 11.3 Å². The van der Waals surface area contributed by atoms with Crippen molar-refractivity contribution in [2.45, 2.75) is 43.9 Å². The van der Waals surface area contributed by atoms with Crippen LogP contribution in [-0.4, -0.2) is 49.7 Å². The molecule has 1 fully saturated rings. The zero-order chi connectivity index (χ0) is 21.1. The van der Waals surface area contributed by atoms with E-state index in [1.54, 1.807) is 17.0 Å². The lowest BCUT2D eigenvalue weighted by Crippen LogP contribution is -2.50. The quantitative estimate of drug-likeness (QED) is 0.753. The molecule has 0 unspecified atom stereocenters.